The third-order valence-corrected chi connectivity index (χ3v) is 4.57. The van der Waals surface area contributed by atoms with Crippen molar-refractivity contribution in [2.24, 2.45) is 10.2 Å². The number of nitrogens with one attached hydrogen (secondary N) is 1. The van der Waals surface area contributed by atoms with Crippen LogP contribution in [0, 0.1) is 0 Å². The zero-order valence-electron chi connectivity index (χ0n) is 16.5. The van der Waals surface area contributed by atoms with Crippen molar-refractivity contribution in [3.05, 3.63) is 34.6 Å². The molecule has 0 amide bonds. The summed E-state index contributed by atoms with van der Waals surface area (Å²) in [6.45, 7) is 8.39. The molecule has 1 aromatic carbocycles. The van der Waals surface area contributed by atoms with Crippen molar-refractivity contribution in [3.8, 4) is 11.7 Å². The first-order chi connectivity index (χ1) is 14.1. The van der Waals surface area contributed by atoms with E-state index in [0.29, 0.717) is 40.8 Å². The Hall–Kier alpha value is -2.85. The number of H-pyrrole nitrogens is 1. The van der Waals surface area contributed by atoms with Gasteiger partial charge < -0.3 is 13.9 Å². The van der Waals surface area contributed by atoms with Crippen LogP contribution in [0.25, 0.3) is 11.0 Å². The summed E-state index contributed by atoms with van der Waals surface area (Å²) < 4.78 is 17.0. The first-order valence-corrected chi connectivity index (χ1v) is 9.74. The van der Waals surface area contributed by atoms with Gasteiger partial charge in [0.1, 0.15) is 18.1 Å². The van der Waals surface area contributed by atoms with E-state index >= 15 is 0 Å². The van der Waals surface area contributed by atoms with Crippen LogP contribution in [-0.4, -0.2) is 41.5 Å². The molecule has 0 saturated heterocycles. The molecule has 0 aliphatic carbocycles. The number of fused-ring (bicyclic) bond motifs is 1. The Morgan fingerprint density at radius 1 is 1.21 bits per heavy atom. The third-order valence-electron chi connectivity index (χ3n) is 4.24. The lowest BCUT2D eigenvalue weighted by Gasteiger charge is -2.18. The molecular weight excluding hydrogens is 394 g/mol. The van der Waals surface area contributed by atoms with Crippen molar-refractivity contribution in [1.29, 1.82) is 0 Å². The van der Waals surface area contributed by atoms with Gasteiger partial charge in [0.05, 0.1) is 23.1 Å². The second-order valence-electron chi connectivity index (χ2n) is 6.04. The highest BCUT2D eigenvalue weighted by atomic mass is 32.1. The van der Waals surface area contributed by atoms with Gasteiger partial charge in [-0.05, 0) is 38.2 Å². The van der Waals surface area contributed by atoms with Gasteiger partial charge in [0, 0.05) is 0 Å². The third kappa shape index (κ3) is 4.77. The minimum Gasteiger partial charge on any atom is -0.478 e. The minimum absolute atomic E-state index is 0.00536. The number of aromatic amines is 1. The second-order valence-corrected chi connectivity index (χ2v) is 6.52. The van der Waals surface area contributed by atoms with Gasteiger partial charge in [-0.25, -0.2) is 0 Å². The van der Waals surface area contributed by atoms with Crippen molar-refractivity contribution in [2.75, 3.05) is 26.4 Å². The number of rotatable bonds is 9. The van der Waals surface area contributed by atoms with Crippen LogP contribution in [0.2, 0.25) is 0 Å². The van der Waals surface area contributed by atoms with E-state index in [0.717, 1.165) is 13.1 Å². The standard InChI is InChI=1S/C19H23N5O4S/c1-4-24(5-2)11-27-12-7-8-14-13(9-12)17(25)16(19(28-14)26-6-3)21-23-18-15(29)10-20-22-18/h7-10,29H,4-6,11H2,1-3H3,(H,20,22). The van der Waals surface area contributed by atoms with Gasteiger partial charge in [-0.1, -0.05) is 13.8 Å². The summed E-state index contributed by atoms with van der Waals surface area (Å²) in [6, 6.07) is 5.07. The summed E-state index contributed by atoms with van der Waals surface area (Å²) in [5.74, 6) is 0.896. The largest absolute Gasteiger partial charge is 0.478 e. The summed E-state index contributed by atoms with van der Waals surface area (Å²) in [4.78, 5) is 15.7. The summed E-state index contributed by atoms with van der Waals surface area (Å²) in [7, 11) is 0. The molecule has 0 spiro atoms. The first kappa shape index (κ1) is 20.9. The molecular formula is C19H23N5O4S. The van der Waals surface area contributed by atoms with E-state index in [4.69, 9.17) is 13.9 Å². The number of azo groups is 1. The number of hydrogen-bond donors (Lipinski definition) is 2. The predicted molar refractivity (Wildman–Crippen MR) is 112 cm³/mol. The lowest BCUT2D eigenvalue weighted by molar-refractivity contribution is 0.138. The van der Waals surface area contributed by atoms with Crippen LogP contribution >= 0.6 is 12.6 Å². The Morgan fingerprint density at radius 3 is 2.66 bits per heavy atom. The number of hydrogen-bond acceptors (Lipinski definition) is 9. The molecule has 0 aliphatic heterocycles. The van der Waals surface area contributed by atoms with Crippen LogP contribution in [0.5, 0.6) is 11.7 Å². The lowest BCUT2D eigenvalue weighted by atomic mass is 10.2. The van der Waals surface area contributed by atoms with E-state index in [9.17, 15) is 4.79 Å². The fraction of sp³-hybridized carbons (Fsp3) is 0.368. The molecule has 2 aromatic heterocycles. The highest BCUT2D eigenvalue weighted by Gasteiger charge is 2.17. The summed E-state index contributed by atoms with van der Waals surface area (Å²) in [6.07, 6.45) is 1.49. The normalized spacial score (nSPS) is 11.6. The van der Waals surface area contributed by atoms with E-state index < -0.39 is 0 Å². The molecule has 1 N–H and O–H groups in total. The Balaban J connectivity index is 2.00. The molecule has 2 heterocycles. The Bertz CT molecular complexity index is 1060. The van der Waals surface area contributed by atoms with Gasteiger partial charge in [-0.3, -0.25) is 14.8 Å². The number of benzene rings is 1. The molecule has 0 unspecified atom stereocenters. The van der Waals surface area contributed by atoms with Gasteiger partial charge >= 0.3 is 5.95 Å². The lowest BCUT2D eigenvalue weighted by Crippen LogP contribution is -2.27. The van der Waals surface area contributed by atoms with Crippen LogP contribution in [0.3, 0.4) is 0 Å². The number of ether oxygens (including phenoxy) is 2. The van der Waals surface area contributed by atoms with Crippen LogP contribution in [0.4, 0.5) is 11.5 Å². The number of aromatic nitrogens is 2. The van der Waals surface area contributed by atoms with Crippen molar-refractivity contribution in [1.82, 2.24) is 15.1 Å². The van der Waals surface area contributed by atoms with Crippen LogP contribution in [0.1, 0.15) is 20.8 Å². The first-order valence-electron chi connectivity index (χ1n) is 9.30. The van der Waals surface area contributed by atoms with E-state index in [-0.39, 0.29) is 17.1 Å². The molecule has 0 radical (unpaired) electrons. The van der Waals surface area contributed by atoms with Crippen LogP contribution < -0.4 is 14.9 Å². The maximum atomic E-state index is 13.1. The molecule has 3 rings (SSSR count). The summed E-state index contributed by atoms with van der Waals surface area (Å²) >= 11 is 4.22. The van der Waals surface area contributed by atoms with Gasteiger partial charge in [0.25, 0.3) is 0 Å². The highest BCUT2D eigenvalue weighted by Crippen LogP contribution is 2.31. The second kappa shape index (κ2) is 9.57. The average molecular weight is 417 g/mol. The Kier molecular flexibility index (Phi) is 6.89. The van der Waals surface area contributed by atoms with Crippen molar-refractivity contribution in [3.63, 3.8) is 0 Å². The Morgan fingerprint density at radius 2 is 2.00 bits per heavy atom. The van der Waals surface area contributed by atoms with Crippen LogP contribution in [-0.2, 0) is 0 Å². The van der Waals surface area contributed by atoms with E-state index in [1.54, 1.807) is 25.1 Å². The van der Waals surface area contributed by atoms with Gasteiger partial charge in [0.15, 0.2) is 5.82 Å². The topological polar surface area (TPSA) is 105 Å². The average Bonchev–Trinajstić information content (AvgIpc) is 3.14. The predicted octanol–water partition coefficient (Wildman–Crippen LogP) is 4.30. The molecule has 154 valence electrons. The molecule has 0 aliphatic rings. The molecule has 0 saturated carbocycles. The van der Waals surface area contributed by atoms with Gasteiger partial charge in [-0.2, -0.15) is 5.10 Å². The monoisotopic (exact) mass is 417 g/mol. The van der Waals surface area contributed by atoms with E-state index in [2.05, 4.69) is 51.8 Å². The highest BCUT2D eigenvalue weighted by molar-refractivity contribution is 7.80. The molecule has 0 fully saturated rings. The fourth-order valence-corrected chi connectivity index (χ4v) is 2.72. The molecule has 0 atom stereocenters. The summed E-state index contributed by atoms with van der Waals surface area (Å²) in [5, 5.41) is 14.8. The molecule has 29 heavy (non-hydrogen) atoms. The van der Waals surface area contributed by atoms with Crippen molar-refractivity contribution in [2.45, 2.75) is 25.7 Å². The maximum absolute atomic E-state index is 13.1. The van der Waals surface area contributed by atoms with E-state index in [1.165, 1.54) is 6.20 Å². The zero-order chi connectivity index (χ0) is 20.8. The quantitative estimate of drug-likeness (QED) is 0.306. The van der Waals surface area contributed by atoms with Gasteiger partial charge in [-0.15, -0.1) is 22.9 Å². The number of thiol groups is 1. The minimum atomic E-state index is -0.369. The molecule has 9 nitrogen and oxygen atoms in total. The Labute approximate surface area is 173 Å². The maximum Gasteiger partial charge on any atom is 0.317 e. The molecule has 10 heteroatoms. The smallest absolute Gasteiger partial charge is 0.317 e. The zero-order valence-corrected chi connectivity index (χ0v) is 17.4. The van der Waals surface area contributed by atoms with E-state index in [1.807, 2.05) is 0 Å². The molecule has 3 aromatic rings. The SMILES string of the molecule is CCOc1oc2ccc(OCN(CC)CC)cc2c(=O)c1N=Nc1[nH]ncc1S. The van der Waals surface area contributed by atoms with Crippen LogP contribution in [0.15, 0.2) is 48.7 Å². The van der Waals surface area contributed by atoms with Crippen molar-refractivity contribution >= 4 is 35.1 Å². The fourth-order valence-electron chi connectivity index (χ4n) is 2.57. The molecule has 0 bridgehead atoms. The van der Waals surface area contributed by atoms with Gasteiger partial charge in [0.2, 0.25) is 11.1 Å². The summed E-state index contributed by atoms with van der Waals surface area (Å²) in [5.41, 5.74) is -0.0291. The number of nitrogens with zero attached hydrogens (tertiary/aromatic N) is 4. The van der Waals surface area contributed by atoms with Crippen molar-refractivity contribution < 1.29 is 13.9 Å².